The van der Waals surface area contributed by atoms with Crippen LogP contribution in [0.2, 0.25) is 0 Å². The molecule has 10 heteroatoms. The van der Waals surface area contributed by atoms with Crippen molar-refractivity contribution >= 4 is 29.2 Å². The quantitative estimate of drug-likeness (QED) is 0.524. The normalized spacial score (nSPS) is 19.5. The number of benzene rings is 1. The van der Waals surface area contributed by atoms with Gasteiger partial charge in [-0.25, -0.2) is 9.37 Å². The summed E-state index contributed by atoms with van der Waals surface area (Å²) in [6.07, 6.45) is 4.50. The fourth-order valence-electron chi connectivity index (χ4n) is 5.23. The second-order valence-electron chi connectivity index (χ2n) is 9.51. The van der Waals surface area contributed by atoms with Gasteiger partial charge >= 0.3 is 5.97 Å². The Kier molecular flexibility index (Phi) is 6.75. The average Bonchev–Trinajstić information content (AvgIpc) is 3.51. The van der Waals surface area contributed by atoms with Crippen LogP contribution in [0.3, 0.4) is 0 Å². The SMILES string of the molecule is CC(=O)O[C@@H](C)C(=O)N1CCC(Nc2cnc3ccc(N4CCC[C@@H]4c4cccc(F)c4)nn23)CC1. The van der Waals surface area contributed by atoms with Crippen LogP contribution in [0.5, 0.6) is 0 Å². The summed E-state index contributed by atoms with van der Waals surface area (Å²) in [5, 5.41) is 8.43. The third-order valence-electron chi connectivity index (χ3n) is 6.98. The minimum Gasteiger partial charge on any atom is -0.453 e. The Morgan fingerprint density at radius 1 is 1.14 bits per heavy atom. The second kappa shape index (κ2) is 10.1. The number of hydrogen-bond acceptors (Lipinski definition) is 7. The third kappa shape index (κ3) is 4.98. The zero-order valence-electron chi connectivity index (χ0n) is 20.6. The number of nitrogens with zero attached hydrogens (tertiary/aromatic N) is 5. The van der Waals surface area contributed by atoms with Crippen LogP contribution in [0.25, 0.3) is 5.65 Å². The maximum Gasteiger partial charge on any atom is 0.303 e. The topological polar surface area (TPSA) is 92.1 Å². The van der Waals surface area contributed by atoms with E-state index in [9.17, 15) is 14.0 Å². The van der Waals surface area contributed by atoms with Crippen molar-refractivity contribution in [3.63, 3.8) is 0 Å². The maximum absolute atomic E-state index is 13.9. The number of fused-ring (bicyclic) bond motifs is 1. The van der Waals surface area contributed by atoms with E-state index >= 15 is 0 Å². The zero-order valence-corrected chi connectivity index (χ0v) is 20.6. The number of nitrogens with one attached hydrogen (secondary N) is 1. The summed E-state index contributed by atoms with van der Waals surface area (Å²) in [7, 11) is 0. The summed E-state index contributed by atoms with van der Waals surface area (Å²) in [4.78, 5) is 32.1. The molecule has 4 heterocycles. The lowest BCUT2D eigenvalue weighted by atomic mass is 10.0. The van der Waals surface area contributed by atoms with E-state index in [0.717, 1.165) is 55.1 Å². The van der Waals surface area contributed by atoms with E-state index in [2.05, 4.69) is 15.2 Å². The van der Waals surface area contributed by atoms with E-state index < -0.39 is 12.1 Å². The highest BCUT2D eigenvalue weighted by molar-refractivity contribution is 5.83. The van der Waals surface area contributed by atoms with Crippen molar-refractivity contribution in [2.24, 2.45) is 0 Å². The van der Waals surface area contributed by atoms with Crippen LogP contribution in [0, 0.1) is 5.82 Å². The Hall–Kier alpha value is -3.69. The highest BCUT2D eigenvalue weighted by Gasteiger charge is 2.29. The van der Waals surface area contributed by atoms with E-state index in [4.69, 9.17) is 9.84 Å². The Bertz CT molecular complexity index is 1260. The average molecular weight is 495 g/mol. The highest BCUT2D eigenvalue weighted by Crippen LogP contribution is 2.35. The van der Waals surface area contributed by atoms with E-state index in [1.807, 2.05) is 22.7 Å². The monoisotopic (exact) mass is 494 g/mol. The van der Waals surface area contributed by atoms with Gasteiger partial charge < -0.3 is 19.9 Å². The van der Waals surface area contributed by atoms with E-state index in [0.29, 0.717) is 13.1 Å². The van der Waals surface area contributed by atoms with Gasteiger partial charge in [0, 0.05) is 32.6 Å². The molecule has 9 nitrogen and oxygen atoms in total. The Morgan fingerprint density at radius 3 is 2.69 bits per heavy atom. The minimum atomic E-state index is -0.768. The Balaban J connectivity index is 1.27. The number of carbonyl (C=O) groups is 2. The number of imidazole rings is 1. The summed E-state index contributed by atoms with van der Waals surface area (Å²) >= 11 is 0. The fourth-order valence-corrected chi connectivity index (χ4v) is 5.23. The van der Waals surface area contributed by atoms with Crippen LogP contribution in [0.1, 0.15) is 51.1 Å². The van der Waals surface area contributed by atoms with Gasteiger partial charge in [-0.3, -0.25) is 9.59 Å². The van der Waals surface area contributed by atoms with Crippen LogP contribution in [0.4, 0.5) is 16.0 Å². The molecule has 0 radical (unpaired) electrons. The molecule has 0 bridgehead atoms. The summed E-state index contributed by atoms with van der Waals surface area (Å²) in [5.74, 6) is 0.783. The van der Waals surface area contributed by atoms with Gasteiger partial charge in [0.1, 0.15) is 17.5 Å². The number of aromatic nitrogens is 3. The molecule has 3 aromatic rings. The first-order valence-corrected chi connectivity index (χ1v) is 12.5. The molecule has 0 unspecified atom stereocenters. The van der Waals surface area contributed by atoms with Crippen molar-refractivity contribution in [2.75, 3.05) is 29.9 Å². The van der Waals surface area contributed by atoms with Crippen LogP contribution in [-0.2, 0) is 14.3 Å². The summed E-state index contributed by atoms with van der Waals surface area (Å²) < 4.78 is 20.7. The molecular formula is C26H31FN6O3. The van der Waals surface area contributed by atoms with Crippen LogP contribution >= 0.6 is 0 Å². The molecule has 0 aliphatic carbocycles. The molecule has 36 heavy (non-hydrogen) atoms. The lowest BCUT2D eigenvalue weighted by Crippen LogP contribution is -2.46. The predicted octanol–water partition coefficient (Wildman–Crippen LogP) is 3.56. The fraction of sp³-hybridized carbons (Fsp3) is 0.462. The molecule has 2 fully saturated rings. The predicted molar refractivity (Wildman–Crippen MR) is 133 cm³/mol. The molecule has 5 rings (SSSR count). The lowest BCUT2D eigenvalue weighted by Gasteiger charge is -2.33. The van der Waals surface area contributed by atoms with Crippen LogP contribution in [-0.4, -0.2) is 63.2 Å². The number of piperidine rings is 1. The van der Waals surface area contributed by atoms with Gasteiger partial charge in [0.05, 0.1) is 12.2 Å². The molecule has 190 valence electrons. The summed E-state index contributed by atoms with van der Waals surface area (Å²) in [5.41, 5.74) is 1.70. The van der Waals surface area contributed by atoms with Crippen molar-refractivity contribution in [1.82, 2.24) is 19.5 Å². The number of likely N-dealkylation sites (tertiary alicyclic amines) is 1. The maximum atomic E-state index is 13.9. The highest BCUT2D eigenvalue weighted by atomic mass is 19.1. The molecule has 0 spiro atoms. The summed E-state index contributed by atoms with van der Waals surface area (Å²) in [6.45, 7) is 4.94. The number of hydrogen-bond donors (Lipinski definition) is 1. The summed E-state index contributed by atoms with van der Waals surface area (Å²) in [6, 6.07) is 11.0. The largest absolute Gasteiger partial charge is 0.453 e. The molecular weight excluding hydrogens is 463 g/mol. The van der Waals surface area contributed by atoms with E-state index in [-0.39, 0.29) is 23.8 Å². The van der Waals surface area contributed by atoms with Crippen LogP contribution in [0.15, 0.2) is 42.6 Å². The first kappa shape index (κ1) is 24.0. The second-order valence-corrected chi connectivity index (χ2v) is 9.51. The molecule has 1 aromatic carbocycles. The first-order chi connectivity index (χ1) is 17.4. The number of esters is 1. The van der Waals surface area contributed by atoms with Crippen molar-refractivity contribution in [2.45, 2.75) is 57.7 Å². The van der Waals surface area contributed by atoms with Crippen molar-refractivity contribution in [1.29, 1.82) is 0 Å². The zero-order chi connectivity index (χ0) is 25.2. The third-order valence-corrected chi connectivity index (χ3v) is 6.98. The smallest absolute Gasteiger partial charge is 0.303 e. The number of anilines is 2. The van der Waals surface area contributed by atoms with Gasteiger partial charge in [0.25, 0.3) is 5.91 Å². The standard InChI is InChI=1S/C26H31FN6O3/c1-17(36-18(2)34)26(35)31-13-10-21(11-14-31)29-25-16-28-23-8-9-24(30-33(23)25)32-12-4-7-22(32)19-5-3-6-20(27)15-19/h3,5-6,8-9,15-17,21-22,29H,4,7,10-14H2,1-2H3/t17-,22+/m0/s1. The molecule has 2 saturated heterocycles. The molecule has 2 aromatic heterocycles. The van der Waals surface area contributed by atoms with E-state index in [1.54, 1.807) is 30.2 Å². The van der Waals surface area contributed by atoms with E-state index in [1.165, 1.54) is 13.0 Å². The van der Waals surface area contributed by atoms with Gasteiger partial charge in [-0.1, -0.05) is 12.1 Å². The number of ether oxygens (including phenoxy) is 1. The van der Waals surface area contributed by atoms with Gasteiger partial charge in [-0.15, -0.1) is 5.10 Å². The van der Waals surface area contributed by atoms with Crippen molar-refractivity contribution in [3.05, 3.63) is 54.0 Å². The van der Waals surface area contributed by atoms with Crippen molar-refractivity contribution in [3.8, 4) is 0 Å². The molecule has 2 aliphatic heterocycles. The van der Waals surface area contributed by atoms with Gasteiger partial charge in [-0.2, -0.15) is 4.52 Å². The van der Waals surface area contributed by atoms with Gasteiger partial charge in [-0.05, 0) is 62.4 Å². The number of amides is 1. The lowest BCUT2D eigenvalue weighted by molar-refractivity contribution is -0.157. The first-order valence-electron chi connectivity index (χ1n) is 12.5. The Morgan fingerprint density at radius 2 is 1.94 bits per heavy atom. The molecule has 2 aliphatic rings. The molecule has 1 amide bonds. The molecule has 1 N–H and O–H groups in total. The minimum absolute atomic E-state index is 0.0850. The molecule has 0 saturated carbocycles. The number of carbonyl (C=O) groups excluding carboxylic acids is 2. The van der Waals surface area contributed by atoms with Gasteiger partial charge in [0.15, 0.2) is 11.8 Å². The van der Waals surface area contributed by atoms with Gasteiger partial charge in [0.2, 0.25) is 0 Å². The number of rotatable bonds is 6. The molecule has 2 atom stereocenters. The van der Waals surface area contributed by atoms with Crippen molar-refractivity contribution < 1.29 is 18.7 Å². The van der Waals surface area contributed by atoms with Crippen LogP contribution < -0.4 is 10.2 Å². The Labute approximate surface area is 209 Å². The number of halogens is 1.